The Labute approximate surface area is 124 Å². The second-order valence-electron chi connectivity index (χ2n) is 4.38. The largest absolute Gasteiger partial charge is 0.464 e. The summed E-state index contributed by atoms with van der Waals surface area (Å²) in [6.07, 6.45) is 0.410. The molecule has 8 heteroatoms. The molecule has 1 aliphatic rings. The predicted molar refractivity (Wildman–Crippen MR) is 77.1 cm³/mol. The van der Waals surface area contributed by atoms with E-state index in [1.165, 1.54) is 37.1 Å². The third-order valence-corrected chi connectivity index (χ3v) is 4.75. The number of amides is 1. The Hall–Kier alpha value is -1.41. The predicted octanol–water partition coefficient (Wildman–Crippen LogP) is 1.56. The number of anilines is 1. The fraction of sp³-hybridized carbons (Fsp3) is 0.500. The van der Waals surface area contributed by atoms with Gasteiger partial charge >= 0.3 is 5.97 Å². The lowest BCUT2D eigenvalue weighted by atomic mass is 10.1. The van der Waals surface area contributed by atoms with Crippen molar-refractivity contribution >= 4 is 45.2 Å². The Balaban J connectivity index is 2.02. The molecule has 1 aromatic rings. The van der Waals surface area contributed by atoms with Gasteiger partial charge in [0.2, 0.25) is 5.91 Å². The molecule has 2 heterocycles. The van der Waals surface area contributed by atoms with Gasteiger partial charge < -0.3 is 4.74 Å². The third-order valence-electron chi connectivity index (χ3n) is 2.84. The van der Waals surface area contributed by atoms with Gasteiger partial charge in [-0.2, -0.15) is 0 Å². The molecule has 108 valence electrons. The van der Waals surface area contributed by atoms with Gasteiger partial charge in [-0.3, -0.25) is 14.5 Å². The summed E-state index contributed by atoms with van der Waals surface area (Å²) in [5.74, 6) is 0.238. The van der Waals surface area contributed by atoms with E-state index in [1.807, 2.05) is 0 Å². The molecule has 1 aliphatic heterocycles. The lowest BCUT2D eigenvalue weighted by Crippen LogP contribution is -2.24. The van der Waals surface area contributed by atoms with Crippen molar-refractivity contribution in [1.82, 2.24) is 4.98 Å². The quantitative estimate of drug-likeness (QED) is 0.785. The molecule has 1 saturated heterocycles. The standard InChI is InChI=1S/C12H14N2O4S2/c1-7(15)19-5-8-3-10(16)14(4-8)12-13-9(6-20-12)11(17)18-2/h6,8H,3-5H2,1-2H3. The van der Waals surface area contributed by atoms with E-state index in [-0.39, 0.29) is 22.6 Å². The lowest BCUT2D eigenvalue weighted by Gasteiger charge is -2.12. The van der Waals surface area contributed by atoms with Crippen LogP contribution in [0.1, 0.15) is 23.8 Å². The van der Waals surface area contributed by atoms with Crippen LogP contribution in [0.3, 0.4) is 0 Å². The topological polar surface area (TPSA) is 76.6 Å². The Morgan fingerprint density at radius 1 is 1.60 bits per heavy atom. The summed E-state index contributed by atoms with van der Waals surface area (Å²) < 4.78 is 4.59. The van der Waals surface area contributed by atoms with Crippen LogP contribution in [0.5, 0.6) is 0 Å². The molecule has 0 bridgehead atoms. The van der Waals surface area contributed by atoms with Gasteiger partial charge in [-0.05, 0) is 5.92 Å². The molecule has 2 rings (SSSR count). The van der Waals surface area contributed by atoms with E-state index in [9.17, 15) is 14.4 Å². The summed E-state index contributed by atoms with van der Waals surface area (Å²) in [6, 6.07) is 0. The molecule has 1 unspecified atom stereocenters. The van der Waals surface area contributed by atoms with E-state index >= 15 is 0 Å². The van der Waals surface area contributed by atoms with Crippen LogP contribution >= 0.6 is 23.1 Å². The number of rotatable bonds is 4. The minimum absolute atomic E-state index is 0.0232. The zero-order chi connectivity index (χ0) is 14.7. The number of aromatic nitrogens is 1. The Bertz CT molecular complexity index is 543. The fourth-order valence-corrected chi connectivity index (χ4v) is 3.41. The highest BCUT2D eigenvalue weighted by molar-refractivity contribution is 8.13. The average Bonchev–Trinajstić information content (AvgIpc) is 3.01. The van der Waals surface area contributed by atoms with Crippen LogP contribution in [0.15, 0.2) is 5.38 Å². The van der Waals surface area contributed by atoms with Crippen LogP contribution in [-0.2, 0) is 14.3 Å². The van der Waals surface area contributed by atoms with Crippen LogP contribution in [0, 0.1) is 5.92 Å². The van der Waals surface area contributed by atoms with Crippen LogP contribution in [-0.4, -0.2) is 41.4 Å². The molecule has 20 heavy (non-hydrogen) atoms. The zero-order valence-electron chi connectivity index (χ0n) is 11.1. The monoisotopic (exact) mass is 314 g/mol. The molecule has 0 aromatic carbocycles. The lowest BCUT2D eigenvalue weighted by molar-refractivity contribution is -0.117. The summed E-state index contributed by atoms with van der Waals surface area (Å²) in [4.78, 5) is 39.9. The van der Waals surface area contributed by atoms with Crippen molar-refractivity contribution in [3.63, 3.8) is 0 Å². The molecule has 0 N–H and O–H groups in total. The van der Waals surface area contributed by atoms with Gasteiger partial charge in [0.05, 0.1) is 7.11 Å². The first kappa shape index (κ1) is 15.0. The molecule has 0 spiro atoms. The van der Waals surface area contributed by atoms with E-state index in [2.05, 4.69) is 9.72 Å². The minimum Gasteiger partial charge on any atom is -0.464 e. The van der Waals surface area contributed by atoms with Crippen molar-refractivity contribution in [3.05, 3.63) is 11.1 Å². The minimum atomic E-state index is -0.511. The number of nitrogens with zero attached hydrogens (tertiary/aromatic N) is 2. The number of hydrogen-bond acceptors (Lipinski definition) is 7. The van der Waals surface area contributed by atoms with Gasteiger partial charge in [-0.1, -0.05) is 11.8 Å². The molecular weight excluding hydrogens is 300 g/mol. The molecule has 1 aromatic heterocycles. The van der Waals surface area contributed by atoms with Crippen LogP contribution in [0.2, 0.25) is 0 Å². The number of esters is 1. The fourth-order valence-electron chi connectivity index (χ4n) is 1.90. The van der Waals surface area contributed by atoms with Gasteiger partial charge in [0.25, 0.3) is 0 Å². The van der Waals surface area contributed by atoms with Crippen LogP contribution in [0.25, 0.3) is 0 Å². The van der Waals surface area contributed by atoms with E-state index in [0.29, 0.717) is 23.8 Å². The van der Waals surface area contributed by atoms with E-state index in [4.69, 9.17) is 0 Å². The molecule has 0 radical (unpaired) electrons. The van der Waals surface area contributed by atoms with Crippen molar-refractivity contribution in [2.75, 3.05) is 24.3 Å². The average molecular weight is 314 g/mol. The smallest absolute Gasteiger partial charge is 0.357 e. The number of ether oxygens (including phenoxy) is 1. The van der Waals surface area contributed by atoms with Gasteiger partial charge in [0.1, 0.15) is 0 Å². The maximum absolute atomic E-state index is 12.0. The number of carbonyl (C=O) groups excluding carboxylic acids is 3. The summed E-state index contributed by atoms with van der Waals surface area (Å²) in [6.45, 7) is 2.05. The normalized spacial score (nSPS) is 18.4. The van der Waals surface area contributed by atoms with Gasteiger partial charge in [0, 0.05) is 31.0 Å². The second kappa shape index (κ2) is 6.36. The first-order chi connectivity index (χ1) is 9.51. The summed E-state index contributed by atoms with van der Waals surface area (Å²) >= 11 is 2.47. The Morgan fingerprint density at radius 3 is 3.00 bits per heavy atom. The maximum Gasteiger partial charge on any atom is 0.357 e. The van der Waals surface area contributed by atoms with Gasteiger partial charge in [-0.15, -0.1) is 11.3 Å². The van der Waals surface area contributed by atoms with Gasteiger partial charge in [-0.25, -0.2) is 9.78 Å². The SMILES string of the molecule is COC(=O)c1csc(N2CC(CSC(C)=O)CC2=O)n1. The first-order valence-corrected chi connectivity index (χ1v) is 7.85. The molecule has 6 nitrogen and oxygen atoms in total. The van der Waals surface area contributed by atoms with Crippen LogP contribution in [0.4, 0.5) is 5.13 Å². The van der Waals surface area contributed by atoms with Crippen molar-refractivity contribution in [2.45, 2.75) is 13.3 Å². The summed E-state index contributed by atoms with van der Waals surface area (Å²) in [7, 11) is 1.29. The number of hydrogen-bond donors (Lipinski definition) is 0. The number of thioether (sulfide) groups is 1. The molecular formula is C12H14N2O4S2. The summed E-state index contributed by atoms with van der Waals surface area (Å²) in [5.41, 5.74) is 0.210. The molecule has 1 fully saturated rings. The van der Waals surface area contributed by atoms with Crippen molar-refractivity contribution in [2.24, 2.45) is 5.92 Å². The Kier molecular flexibility index (Phi) is 4.77. The highest BCUT2D eigenvalue weighted by Crippen LogP contribution is 2.29. The van der Waals surface area contributed by atoms with E-state index in [0.717, 1.165) is 0 Å². The van der Waals surface area contributed by atoms with Crippen LogP contribution < -0.4 is 4.90 Å². The summed E-state index contributed by atoms with van der Waals surface area (Å²) in [5, 5.41) is 2.13. The molecule has 1 amide bonds. The first-order valence-electron chi connectivity index (χ1n) is 5.98. The highest BCUT2D eigenvalue weighted by Gasteiger charge is 2.32. The van der Waals surface area contributed by atoms with E-state index < -0.39 is 5.97 Å². The van der Waals surface area contributed by atoms with Gasteiger partial charge in [0.15, 0.2) is 15.9 Å². The zero-order valence-corrected chi connectivity index (χ0v) is 12.8. The molecule has 0 aliphatic carbocycles. The van der Waals surface area contributed by atoms with Crippen molar-refractivity contribution in [3.8, 4) is 0 Å². The third kappa shape index (κ3) is 3.37. The highest BCUT2D eigenvalue weighted by atomic mass is 32.2. The second-order valence-corrected chi connectivity index (χ2v) is 6.42. The number of carbonyl (C=O) groups is 3. The van der Waals surface area contributed by atoms with Crippen molar-refractivity contribution in [1.29, 1.82) is 0 Å². The maximum atomic E-state index is 12.0. The number of methoxy groups -OCH3 is 1. The van der Waals surface area contributed by atoms with Crippen molar-refractivity contribution < 1.29 is 19.1 Å². The van der Waals surface area contributed by atoms with E-state index in [1.54, 1.807) is 10.3 Å². The molecule has 1 atom stereocenters. The molecule has 0 saturated carbocycles. The Morgan fingerprint density at radius 2 is 2.35 bits per heavy atom. The number of thiazole rings is 1.